The predicted octanol–water partition coefficient (Wildman–Crippen LogP) is 5.74. The van der Waals surface area contributed by atoms with Crippen molar-refractivity contribution in [1.82, 2.24) is 0 Å². The number of halogens is 4. The zero-order valence-corrected chi connectivity index (χ0v) is 14.7. The third-order valence-corrected chi connectivity index (χ3v) is 5.24. The molecular weight excluding hydrogens is 383 g/mol. The molecule has 2 nitrogen and oxygen atoms in total. The number of ether oxygens (including phenoxy) is 1. The van der Waals surface area contributed by atoms with Crippen molar-refractivity contribution in [3.63, 3.8) is 0 Å². The summed E-state index contributed by atoms with van der Waals surface area (Å²) in [5, 5.41) is 0. The molecule has 24 heavy (non-hydrogen) atoms. The van der Waals surface area contributed by atoms with Crippen LogP contribution in [0.1, 0.15) is 30.0 Å². The van der Waals surface area contributed by atoms with Crippen LogP contribution in [0.15, 0.2) is 42.5 Å². The van der Waals surface area contributed by atoms with Crippen molar-refractivity contribution < 1.29 is 17.9 Å². The Morgan fingerprint density at radius 3 is 2.54 bits per heavy atom. The molecular formula is C18H17BrF3NO. The number of anilines is 1. The number of nitrogens with zero attached hydrogens (tertiary/aromatic N) is 1. The summed E-state index contributed by atoms with van der Waals surface area (Å²) in [4.78, 5) is 0. The van der Waals surface area contributed by atoms with Crippen LogP contribution >= 0.6 is 16.1 Å². The second kappa shape index (κ2) is 6.67. The highest BCUT2D eigenvalue weighted by molar-refractivity contribution is 9.10. The van der Waals surface area contributed by atoms with Crippen LogP contribution in [0, 0.1) is 0 Å². The molecule has 0 amide bonds. The van der Waals surface area contributed by atoms with Crippen molar-refractivity contribution in [2.75, 3.05) is 3.93 Å². The molecule has 0 N–H and O–H groups in total. The van der Waals surface area contributed by atoms with Crippen LogP contribution in [-0.4, -0.2) is 6.04 Å². The summed E-state index contributed by atoms with van der Waals surface area (Å²) in [7, 11) is 0. The molecule has 0 saturated carbocycles. The summed E-state index contributed by atoms with van der Waals surface area (Å²) >= 11 is 3.59. The molecule has 0 radical (unpaired) electrons. The Kier molecular flexibility index (Phi) is 4.76. The van der Waals surface area contributed by atoms with Gasteiger partial charge in [0.15, 0.2) is 0 Å². The second-order valence-electron chi connectivity index (χ2n) is 5.95. The van der Waals surface area contributed by atoms with Crippen molar-refractivity contribution in [2.45, 2.75) is 38.6 Å². The molecule has 1 unspecified atom stereocenters. The molecule has 6 heteroatoms. The van der Waals surface area contributed by atoms with Crippen molar-refractivity contribution in [1.29, 1.82) is 0 Å². The maximum absolute atomic E-state index is 12.6. The van der Waals surface area contributed by atoms with Gasteiger partial charge in [-0.15, -0.1) is 0 Å². The quantitative estimate of drug-likeness (QED) is 0.610. The Morgan fingerprint density at radius 1 is 1.17 bits per heavy atom. The van der Waals surface area contributed by atoms with Gasteiger partial charge in [-0.05, 0) is 49.1 Å². The van der Waals surface area contributed by atoms with Crippen LogP contribution in [0.2, 0.25) is 0 Å². The highest BCUT2D eigenvalue weighted by atomic mass is 79.9. The third kappa shape index (κ3) is 3.53. The zero-order valence-electron chi connectivity index (χ0n) is 13.1. The fourth-order valence-electron chi connectivity index (χ4n) is 2.78. The molecule has 2 aromatic rings. The van der Waals surface area contributed by atoms with Crippen molar-refractivity contribution in [2.24, 2.45) is 0 Å². The second-order valence-corrected chi connectivity index (χ2v) is 6.71. The van der Waals surface area contributed by atoms with E-state index in [9.17, 15) is 13.2 Å². The summed E-state index contributed by atoms with van der Waals surface area (Å²) in [6.45, 7) is 2.36. The number of para-hydroxylation sites is 1. The van der Waals surface area contributed by atoms with Gasteiger partial charge < -0.3 is 8.66 Å². The van der Waals surface area contributed by atoms with Gasteiger partial charge in [-0.1, -0.05) is 24.3 Å². The van der Waals surface area contributed by atoms with E-state index < -0.39 is 11.7 Å². The molecule has 1 atom stereocenters. The topological polar surface area (TPSA) is 12.5 Å². The Hall–Kier alpha value is -1.69. The SMILES string of the molecule is CC1CCc2cccc(OCc3ccc(C(F)(F)F)cc3)c2N1Br. The van der Waals surface area contributed by atoms with Gasteiger partial charge in [0.25, 0.3) is 0 Å². The standard InChI is InChI=1S/C18H17BrF3NO/c1-12-5-8-14-3-2-4-16(17(14)23(12)19)24-11-13-6-9-15(10-7-13)18(20,21)22/h2-4,6-7,9-10,12H,5,8,11H2,1H3. The molecule has 1 heterocycles. The average molecular weight is 400 g/mol. The van der Waals surface area contributed by atoms with Crippen LogP contribution in [-0.2, 0) is 19.2 Å². The highest BCUT2D eigenvalue weighted by Crippen LogP contribution is 2.40. The first-order valence-electron chi connectivity index (χ1n) is 7.72. The maximum atomic E-state index is 12.6. The van der Waals surface area contributed by atoms with Crippen LogP contribution < -0.4 is 8.66 Å². The van der Waals surface area contributed by atoms with E-state index in [1.807, 2.05) is 16.1 Å². The number of hydrogen-bond acceptors (Lipinski definition) is 2. The monoisotopic (exact) mass is 399 g/mol. The Balaban J connectivity index is 1.76. The lowest BCUT2D eigenvalue weighted by atomic mass is 9.98. The van der Waals surface area contributed by atoms with Crippen LogP contribution in [0.3, 0.4) is 0 Å². The summed E-state index contributed by atoms with van der Waals surface area (Å²) in [6, 6.07) is 11.3. The largest absolute Gasteiger partial charge is 0.487 e. The highest BCUT2D eigenvalue weighted by Gasteiger charge is 2.30. The molecule has 1 aliphatic rings. The lowest BCUT2D eigenvalue weighted by Crippen LogP contribution is -2.29. The first kappa shape index (κ1) is 17.1. The predicted molar refractivity (Wildman–Crippen MR) is 91.4 cm³/mol. The van der Waals surface area contributed by atoms with Gasteiger partial charge in [0.2, 0.25) is 0 Å². The van der Waals surface area contributed by atoms with E-state index in [2.05, 4.69) is 29.1 Å². The smallest absolute Gasteiger partial charge is 0.416 e. The molecule has 0 aromatic heterocycles. The minimum atomic E-state index is -4.31. The van der Waals surface area contributed by atoms with Gasteiger partial charge >= 0.3 is 6.18 Å². The molecule has 2 aromatic carbocycles. The number of hydrogen-bond donors (Lipinski definition) is 0. The Bertz CT molecular complexity index is 715. The first-order valence-corrected chi connectivity index (χ1v) is 8.43. The van der Waals surface area contributed by atoms with E-state index in [1.54, 1.807) is 0 Å². The van der Waals surface area contributed by atoms with Gasteiger partial charge in [0, 0.05) is 6.04 Å². The lowest BCUT2D eigenvalue weighted by molar-refractivity contribution is -0.137. The van der Waals surface area contributed by atoms with E-state index in [0.717, 1.165) is 36.4 Å². The Morgan fingerprint density at radius 2 is 1.88 bits per heavy atom. The zero-order chi connectivity index (χ0) is 17.3. The van der Waals surface area contributed by atoms with Gasteiger partial charge in [0.1, 0.15) is 12.4 Å². The van der Waals surface area contributed by atoms with Gasteiger partial charge in [-0.2, -0.15) is 13.2 Å². The number of benzene rings is 2. The fourth-order valence-corrected chi connectivity index (χ4v) is 3.38. The van der Waals surface area contributed by atoms with E-state index in [1.165, 1.54) is 17.7 Å². The summed E-state index contributed by atoms with van der Waals surface area (Å²) in [6.07, 6.45) is -2.28. The fraction of sp³-hybridized carbons (Fsp3) is 0.333. The van der Waals surface area contributed by atoms with Gasteiger partial charge in [-0.25, -0.2) is 0 Å². The van der Waals surface area contributed by atoms with E-state index in [-0.39, 0.29) is 6.61 Å². The molecule has 0 bridgehead atoms. The molecule has 0 spiro atoms. The normalized spacial score (nSPS) is 17.5. The van der Waals surface area contributed by atoms with Gasteiger partial charge in [0.05, 0.1) is 27.4 Å². The van der Waals surface area contributed by atoms with Crippen molar-refractivity contribution >= 4 is 21.8 Å². The molecule has 0 fully saturated rings. The molecule has 0 aliphatic carbocycles. The maximum Gasteiger partial charge on any atom is 0.416 e. The summed E-state index contributed by atoms with van der Waals surface area (Å²) in [5.74, 6) is 0.732. The molecule has 3 rings (SSSR count). The third-order valence-electron chi connectivity index (χ3n) is 4.19. The number of aryl methyl sites for hydroxylation is 1. The van der Waals surface area contributed by atoms with E-state index >= 15 is 0 Å². The molecule has 128 valence electrons. The number of fused-ring (bicyclic) bond motifs is 1. The number of rotatable bonds is 3. The minimum Gasteiger partial charge on any atom is -0.487 e. The van der Waals surface area contributed by atoms with Crippen LogP contribution in [0.4, 0.5) is 18.9 Å². The minimum absolute atomic E-state index is 0.226. The van der Waals surface area contributed by atoms with Crippen molar-refractivity contribution in [3.05, 3.63) is 59.2 Å². The summed E-state index contributed by atoms with van der Waals surface area (Å²) in [5.41, 5.74) is 2.26. The molecule has 0 saturated heterocycles. The van der Waals surface area contributed by atoms with Crippen molar-refractivity contribution in [3.8, 4) is 5.75 Å². The average Bonchev–Trinajstić information content (AvgIpc) is 2.56. The van der Waals surface area contributed by atoms with Crippen LogP contribution in [0.25, 0.3) is 0 Å². The van der Waals surface area contributed by atoms with Crippen LogP contribution in [0.5, 0.6) is 5.75 Å². The number of alkyl halides is 3. The lowest BCUT2D eigenvalue weighted by Gasteiger charge is -2.32. The summed E-state index contributed by atoms with van der Waals surface area (Å²) < 4.78 is 45.7. The Labute approximate surface area is 147 Å². The van der Waals surface area contributed by atoms with Gasteiger partial charge in [-0.3, -0.25) is 0 Å². The molecule has 1 aliphatic heterocycles. The van der Waals surface area contributed by atoms with E-state index in [4.69, 9.17) is 4.74 Å². The van der Waals surface area contributed by atoms with E-state index in [0.29, 0.717) is 11.6 Å². The first-order chi connectivity index (χ1) is 11.4.